The Kier molecular flexibility index (Phi) is 9.70. The van der Waals surface area contributed by atoms with Crippen LogP contribution in [0.3, 0.4) is 0 Å². The molecule has 0 aliphatic rings. The van der Waals surface area contributed by atoms with E-state index in [0.29, 0.717) is 6.54 Å². The molecule has 0 radical (unpaired) electrons. The predicted molar refractivity (Wildman–Crippen MR) is 110 cm³/mol. The average Bonchev–Trinajstić information content (AvgIpc) is 2.90. The minimum atomic E-state index is 0. The number of aryl methyl sites for hydroxylation is 1. The molecular weight excluding hydrogens is 417 g/mol. The van der Waals surface area contributed by atoms with Gasteiger partial charge in [-0.25, -0.2) is 4.98 Å². The molecule has 1 aromatic heterocycles. The van der Waals surface area contributed by atoms with Gasteiger partial charge in [-0.05, 0) is 31.9 Å². The number of benzene rings is 1. The number of nitrogens with zero attached hydrogens (tertiary/aromatic N) is 3. The number of unbranched alkanes of at least 4 members (excludes halogenated alkanes) is 1. The smallest absolute Gasteiger partial charge is 0.191 e. The number of halogens is 1. The summed E-state index contributed by atoms with van der Waals surface area (Å²) < 4.78 is 7.44. The predicted octanol–water partition coefficient (Wildman–Crippen LogP) is 2.67. The maximum absolute atomic E-state index is 5.33. The molecule has 6 nitrogen and oxygen atoms in total. The van der Waals surface area contributed by atoms with Gasteiger partial charge in [-0.2, -0.15) is 0 Å². The van der Waals surface area contributed by atoms with Crippen LogP contribution >= 0.6 is 24.0 Å². The van der Waals surface area contributed by atoms with E-state index in [9.17, 15) is 0 Å². The topological polar surface area (TPSA) is 63.5 Å². The fraction of sp³-hybridized carbons (Fsp3) is 0.529. The Labute approximate surface area is 161 Å². The molecule has 0 atom stereocenters. The van der Waals surface area contributed by atoms with Crippen LogP contribution in [0.2, 0.25) is 0 Å². The molecule has 0 aliphatic carbocycles. The van der Waals surface area contributed by atoms with E-state index in [1.165, 1.54) is 0 Å². The first-order valence-electron chi connectivity index (χ1n) is 8.18. The summed E-state index contributed by atoms with van der Waals surface area (Å²) >= 11 is 0. The zero-order chi connectivity index (χ0) is 16.5. The normalized spacial score (nSPS) is 11.4. The number of hydrogen-bond donors (Lipinski definition) is 2. The fourth-order valence-corrected chi connectivity index (χ4v) is 2.42. The lowest BCUT2D eigenvalue weighted by Crippen LogP contribution is -2.37. The monoisotopic (exact) mass is 445 g/mol. The van der Waals surface area contributed by atoms with Crippen molar-refractivity contribution in [1.82, 2.24) is 20.2 Å². The van der Waals surface area contributed by atoms with Gasteiger partial charge in [-0.1, -0.05) is 12.1 Å². The van der Waals surface area contributed by atoms with Crippen molar-refractivity contribution in [3.05, 3.63) is 30.1 Å². The molecule has 2 N–H and O–H groups in total. The molecule has 0 fully saturated rings. The quantitative estimate of drug-likeness (QED) is 0.284. The number of ether oxygens (including phenoxy) is 1. The number of imidazole rings is 1. The van der Waals surface area contributed by atoms with Gasteiger partial charge in [0.25, 0.3) is 0 Å². The molecule has 0 aliphatic heterocycles. The number of fused-ring (bicyclic) bond motifs is 1. The second-order valence-corrected chi connectivity index (χ2v) is 5.33. The summed E-state index contributed by atoms with van der Waals surface area (Å²) in [5, 5.41) is 6.63. The van der Waals surface area contributed by atoms with Crippen LogP contribution in [-0.2, 0) is 18.3 Å². The third kappa shape index (κ3) is 5.94. The van der Waals surface area contributed by atoms with Crippen molar-refractivity contribution < 1.29 is 4.74 Å². The van der Waals surface area contributed by atoms with Crippen LogP contribution in [0.5, 0.6) is 0 Å². The first-order valence-corrected chi connectivity index (χ1v) is 8.18. The van der Waals surface area contributed by atoms with Crippen LogP contribution in [0.1, 0.15) is 25.6 Å². The zero-order valence-electron chi connectivity index (χ0n) is 14.7. The lowest BCUT2D eigenvalue weighted by Gasteiger charge is -2.11. The first kappa shape index (κ1) is 20.7. The van der Waals surface area contributed by atoms with Gasteiger partial charge in [0.15, 0.2) is 5.96 Å². The summed E-state index contributed by atoms with van der Waals surface area (Å²) in [6, 6.07) is 8.15. The SMILES string of the molecule is CCOCCCCNC(=NC)NCc1nc2ccccc2n1C.I. The van der Waals surface area contributed by atoms with Crippen LogP contribution in [0.25, 0.3) is 11.0 Å². The fourth-order valence-electron chi connectivity index (χ4n) is 2.42. The van der Waals surface area contributed by atoms with Gasteiger partial charge in [-0.15, -0.1) is 24.0 Å². The Morgan fingerprint density at radius 1 is 1.25 bits per heavy atom. The highest BCUT2D eigenvalue weighted by atomic mass is 127. The second kappa shape index (κ2) is 11.2. The van der Waals surface area contributed by atoms with E-state index < -0.39 is 0 Å². The summed E-state index contributed by atoms with van der Waals surface area (Å²) in [5.41, 5.74) is 2.16. The van der Waals surface area contributed by atoms with Crippen molar-refractivity contribution in [2.45, 2.75) is 26.3 Å². The maximum Gasteiger partial charge on any atom is 0.191 e. The van der Waals surface area contributed by atoms with Gasteiger partial charge in [-0.3, -0.25) is 4.99 Å². The average molecular weight is 445 g/mol. The van der Waals surface area contributed by atoms with E-state index in [2.05, 4.69) is 31.2 Å². The van der Waals surface area contributed by atoms with Crippen LogP contribution in [0.4, 0.5) is 0 Å². The number of guanidine groups is 1. The summed E-state index contributed by atoms with van der Waals surface area (Å²) in [6.07, 6.45) is 2.12. The highest BCUT2D eigenvalue weighted by molar-refractivity contribution is 14.0. The second-order valence-electron chi connectivity index (χ2n) is 5.33. The van der Waals surface area contributed by atoms with E-state index in [4.69, 9.17) is 4.74 Å². The van der Waals surface area contributed by atoms with Gasteiger partial charge in [0.05, 0.1) is 17.6 Å². The van der Waals surface area contributed by atoms with E-state index >= 15 is 0 Å². The lowest BCUT2D eigenvalue weighted by atomic mass is 10.3. The number of rotatable bonds is 8. The lowest BCUT2D eigenvalue weighted by molar-refractivity contribution is 0.143. The Balaban J connectivity index is 0.00000288. The molecule has 0 saturated carbocycles. The summed E-state index contributed by atoms with van der Waals surface area (Å²) in [5.74, 6) is 1.79. The Morgan fingerprint density at radius 2 is 2.04 bits per heavy atom. The third-order valence-corrected chi connectivity index (χ3v) is 3.73. The molecule has 24 heavy (non-hydrogen) atoms. The minimum absolute atomic E-state index is 0. The number of aliphatic imine (C=N–C) groups is 1. The molecule has 7 heteroatoms. The molecule has 1 aromatic carbocycles. The molecule has 2 aromatic rings. The molecule has 2 rings (SSSR count). The van der Waals surface area contributed by atoms with Gasteiger partial charge in [0, 0.05) is 33.9 Å². The van der Waals surface area contributed by atoms with Crippen molar-refractivity contribution >= 4 is 41.0 Å². The van der Waals surface area contributed by atoms with E-state index in [-0.39, 0.29) is 24.0 Å². The summed E-state index contributed by atoms with van der Waals surface area (Å²) in [7, 11) is 3.82. The van der Waals surface area contributed by atoms with Gasteiger partial charge < -0.3 is 19.9 Å². The minimum Gasteiger partial charge on any atom is -0.382 e. The third-order valence-electron chi connectivity index (χ3n) is 3.73. The molecule has 0 unspecified atom stereocenters. The van der Waals surface area contributed by atoms with Crippen molar-refractivity contribution in [3.63, 3.8) is 0 Å². The van der Waals surface area contributed by atoms with Crippen LogP contribution in [0.15, 0.2) is 29.3 Å². The van der Waals surface area contributed by atoms with Gasteiger partial charge in [0.2, 0.25) is 0 Å². The van der Waals surface area contributed by atoms with Crippen molar-refractivity contribution in [1.29, 1.82) is 0 Å². The van der Waals surface area contributed by atoms with E-state index in [1.807, 2.05) is 32.2 Å². The van der Waals surface area contributed by atoms with Gasteiger partial charge >= 0.3 is 0 Å². The van der Waals surface area contributed by atoms with Crippen LogP contribution in [0, 0.1) is 0 Å². The molecule has 134 valence electrons. The van der Waals surface area contributed by atoms with E-state index in [0.717, 1.165) is 55.4 Å². The molecule has 0 spiro atoms. The number of nitrogens with one attached hydrogen (secondary N) is 2. The summed E-state index contributed by atoms with van der Waals surface area (Å²) in [6.45, 7) is 5.16. The zero-order valence-corrected chi connectivity index (χ0v) is 17.0. The molecule has 0 saturated heterocycles. The number of para-hydroxylation sites is 2. The van der Waals surface area contributed by atoms with Gasteiger partial charge in [0.1, 0.15) is 5.82 Å². The van der Waals surface area contributed by atoms with Crippen molar-refractivity contribution in [3.8, 4) is 0 Å². The van der Waals surface area contributed by atoms with Crippen molar-refractivity contribution in [2.75, 3.05) is 26.8 Å². The standard InChI is InChI=1S/C17H27N5O.HI/c1-4-23-12-8-7-11-19-17(18-2)20-13-16-21-14-9-5-6-10-15(14)22(16)3;/h5-6,9-10H,4,7-8,11-13H2,1-3H3,(H2,18,19,20);1H. The molecule has 0 bridgehead atoms. The largest absolute Gasteiger partial charge is 0.382 e. The first-order chi connectivity index (χ1) is 11.3. The molecule has 0 amide bonds. The highest BCUT2D eigenvalue weighted by Crippen LogP contribution is 2.13. The highest BCUT2D eigenvalue weighted by Gasteiger charge is 2.07. The molecule has 1 heterocycles. The van der Waals surface area contributed by atoms with Crippen molar-refractivity contribution in [2.24, 2.45) is 12.0 Å². The number of aromatic nitrogens is 2. The van der Waals surface area contributed by atoms with Crippen LogP contribution in [-0.4, -0.2) is 42.3 Å². The number of hydrogen-bond acceptors (Lipinski definition) is 3. The Hall–Kier alpha value is -1.35. The van der Waals surface area contributed by atoms with E-state index in [1.54, 1.807) is 7.05 Å². The molecular formula is C17H28IN5O. The maximum atomic E-state index is 5.33. The summed E-state index contributed by atoms with van der Waals surface area (Å²) in [4.78, 5) is 8.90. The van der Waals surface area contributed by atoms with Crippen LogP contribution < -0.4 is 10.6 Å². The Morgan fingerprint density at radius 3 is 2.75 bits per heavy atom. The Bertz CT molecular complexity index is 641.